The van der Waals surface area contributed by atoms with Gasteiger partial charge >= 0.3 is 0 Å². The van der Waals surface area contributed by atoms with Gasteiger partial charge in [0.25, 0.3) is 5.91 Å². The second-order valence-electron chi connectivity index (χ2n) is 8.07. The van der Waals surface area contributed by atoms with Crippen molar-refractivity contribution < 1.29 is 19.0 Å². The van der Waals surface area contributed by atoms with E-state index in [1.807, 2.05) is 24.0 Å². The van der Waals surface area contributed by atoms with Gasteiger partial charge in [-0.05, 0) is 68.1 Å². The maximum Gasteiger partial charge on any atom is 0.260 e. The molecule has 168 valence electrons. The third-order valence-electron chi connectivity index (χ3n) is 5.70. The molecule has 5 nitrogen and oxygen atoms in total. The highest BCUT2D eigenvalue weighted by atomic mass is 35.5. The highest BCUT2D eigenvalue weighted by molar-refractivity contribution is 6.30. The molecule has 3 rings (SSSR count). The molecule has 1 aliphatic heterocycles. The van der Waals surface area contributed by atoms with Crippen molar-refractivity contribution in [2.75, 3.05) is 26.3 Å². The maximum absolute atomic E-state index is 13.3. The van der Waals surface area contributed by atoms with Crippen molar-refractivity contribution in [3.63, 3.8) is 0 Å². The van der Waals surface area contributed by atoms with Gasteiger partial charge in [0.1, 0.15) is 11.6 Å². The SMILES string of the molecule is C[C@@H]1CN(Cc2ccc(F)cc2)[C@H](CCCCO)CN1C(=O)COc1ccc(Cl)cc1. The number of piperazine rings is 1. The molecule has 0 unspecified atom stereocenters. The van der Waals surface area contributed by atoms with E-state index in [-0.39, 0.29) is 37.0 Å². The summed E-state index contributed by atoms with van der Waals surface area (Å²) in [6, 6.07) is 13.7. The van der Waals surface area contributed by atoms with E-state index in [1.165, 1.54) is 12.1 Å². The molecule has 1 N–H and O–H groups in total. The molecule has 1 heterocycles. The summed E-state index contributed by atoms with van der Waals surface area (Å²) >= 11 is 5.89. The fourth-order valence-corrected chi connectivity index (χ4v) is 4.13. The highest BCUT2D eigenvalue weighted by Crippen LogP contribution is 2.23. The van der Waals surface area contributed by atoms with E-state index in [2.05, 4.69) is 4.90 Å². The summed E-state index contributed by atoms with van der Waals surface area (Å²) in [5.41, 5.74) is 1.05. The maximum atomic E-state index is 13.3. The van der Waals surface area contributed by atoms with Crippen LogP contribution < -0.4 is 4.74 Å². The van der Waals surface area contributed by atoms with Crippen LogP contribution in [0, 0.1) is 5.82 Å². The summed E-state index contributed by atoms with van der Waals surface area (Å²) in [4.78, 5) is 17.2. The summed E-state index contributed by atoms with van der Waals surface area (Å²) in [6.07, 6.45) is 2.51. The van der Waals surface area contributed by atoms with Crippen LogP contribution in [0.3, 0.4) is 0 Å². The lowest BCUT2D eigenvalue weighted by Crippen LogP contribution is -2.59. The van der Waals surface area contributed by atoms with Gasteiger partial charge in [0.2, 0.25) is 0 Å². The number of benzene rings is 2. The molecule has 0 bridgehead atoms. The number of aliphatic hydroxyl groups excluding tert-OH is 1. The molecule has 0 saturated carbocycles. The van der Waals surface area contributed by atoms with Gasteiger partial charge in [0.05, 0.1) is 0 Å². The van der Waals surface area contributed by atoms with Crippen molar-refractivity contribution in [3.05, 3.63) is 64.9 Å². The summed E-state index contributed by atoms with van der Waals surface area (Å²) in [5.74, 6) is 0.323. The number of unbranched alkanes of at least 4 members (excludes halogenated alkanes) is 1. The number of carbonyl (C=O) groups excluding carboxylic acids is 1. The van der Waals surface area contributed by atoms with E-state index in [0.717, 1.165) is 31.4 Å². The molecular weight excluding hydrogens is 419 g/mol. The van der Waals surface area contributed by atoms with Gasteiger partial charge in [0, 0.05) is 43.3 Å². The normalized spacial score (nSPS) is 19.4. The van der Waals surface area contributed by atoms with Crippen LogP contribution in [0.5, 0.6) is 5.75 Å². The quantitative estimate of drug-likeness (QED) is 0.586. The molecule has 1 aliphatic rings. The minimum Gasteiger partial charge on any atom is -0.484 e. The summed E-state index contributed by atoms with van der Waals surface area (Å²) in [6.45, 7) is 4.23. The molecule has 31 heavy (non-hydrogen) atoms. The Bertz CT molecular complexity index is 832. The van der Waals surface area contributed by atoms with Crippen molar-refractivity contribution in [2.24, 2.45) is 0 Å². The van der Waals surface area contributed by atoms with Crippen molar-refractivity contribution in [2.45, 2.75) is 44.8 Å². The first-order valence-corrected chi connectivity index (χ1v) is 11.1. The van der Waals surface area contributed by atoms with E-state index in [1.54, 1.807) is 24.3 Å². The number of halogens is 2. The number of hydrogen-bond acceptors (Lipinski definition) is 4. The second-order valence-corrected chi connectivity index (χ2v) is 8.50. The summed E-state index contributed by atoms with van der Waals surface area (Å²) < 4.78 is 18.9. The average Bonchev–Trinajstić information content (AvgIpc) is 2.76. The number of ether oxygens (including phenoxy) is 1. The predicted octanol–water partition coefficient (Wildman–Crippen LogP) is 4.12. The first kappa shape index (κ1) is 23.5. The molecule has 7 heteroatoms. The zero-order valence-electron chi connectivity index (χ0n) is 17.8. The van der Waals surface area contributed by atoms with Crippen LogP contribution in [-0.4, -0.2) is 59.2 Å². The Kier molecular flexibility index (Phi) is 8.69. The fourth-order valence-electron chi connectivity index (χ4n) is 4.00. The van der Waals surface area contributed by atoms with Crippen LogP contribution in [0.15, 0.2) is 48.5 Å². The molecule has 1 saturated heterocycles. The van der Waals surface area contributed by atoms with Crippen LogP contribution in [0.4, 0.5) is 4.39 Å². The molecule has 0 spiro atoms. The molecule has 1 fully saturated rings. The number of amides is 1. The number of aliphatic hydroxyl groups is 1. The molecule has 0 radical (unpaired) electrons. The molecule has 2 atom stereocenters. The van der Waals surface area contributed by atoms with E-state index >= 15 is 0 Å². The smallest absolute Gasteiger partial charge is 0.260 e. The third kappa shape index (κ3) is 6.92. The van der Waals surface area contributed by atoms with Gasteiger partial charge < -0.3 is 14.7 Å². The van der Waals surface area contributed by atoms with Gasteiger partial charge in [-0.25, -0.2) is 4.39 Å². The lowest BCUT2D eigenvalue weighted by molar-refractivity contribution is -0.140. The lowest BCUT2D eigenvalue weighted by atomic mass is 10.0. The van der Waals surface area contributed by atoms with Gasteiger partial charge in [-0.1, -0.05) is 23.7 Å². The standard InChI is InChI=1S/C24H30ClFN2O3/c1-18-14-27(15-19-5-9-21(26)10-6-19)22(4-2-3-13-29)16-28(18)24(30)17-31-23-11-7-20(25)8-12-23/h5-12,18,22,29H,2-4,13-17H2,1H3/t18-,22-/m1/s1. The van der Waals surface area contributed by atoms with Crippen molar-refractivity contribution in [1.29, 1.82) is 0 Å². The Morgan fingerprint density at radius 3 is 2.52 bits per heavy atom. The van der Waals surface area contributed by atoms with Crippen LogP contribution in [0.2, 0.25) is 5.02 Å². The van der Waals surface area contributed by atoms with Crippen LogP contribution in [0.1, 0.15) is 31.7 Å². The first-order valence-electron chi connectivity index (χ1n) is 10.7. The third-order valence-corrected chi connectivity index (χ3v) is 5.95. The average molecular weight is 449 g/mol. The minimum absolute atomic E-state index is 0.0205. The number of rotatable bonds is 9. The van der Waals surface area contributed by atoms with E-state index in [0.29, 0.717) is 23.9 Å². The topological polar surface area (TPSA) is 53.0 Å². The Balaban J connectivity index is 1.63. The van der Waals surface area contributed by atoms with Crippen molar-refractivity contribution in [3.8, 4) is 5.75 Å². The largest absolute Gasteiger partial charge is 0.484 e. The van der Waals surface area contributed by atoms with E-state index in [9.17, 15) is 9.18 Å². The van der Waals surface area contributed by atoms with Gasteiger partial charge in [-0.3, -0.25) is 9.69 Å². The monoisotopic (exact) mass is 448 g/mol. The second kappa shape index (κ2) is 11.5. The Morgan fingerprint density at radius 2 is 1.84 bits per heavy atom. The zero-order valence-corrected chi connectivity index (χ0v) is 18.6. The molecular formula is C24H30ClFN2O3. The molecule has 2 aromatic carbocycles. The Hall–Kier alpha value is -2.15. The van der Waals surface area contributed by atoms with Gasteiger partial charge in [0.15, 0.2) is 6.61 Å². The number of hydrogen-bond donors (Lipinski definition) is 1. The van der Waals surface area contributed by atoms with Crippen molar-refractivity contribution in [1.82, 2.24) is 9.80 Å². The van der Waals surface area contributed by atoms with Gasteiger partial charge in [-0.15, -0.1) is 0 Å². The first-order chi connectivity index (χ1) is 15.0. The van der Waals surface area contributed by atoms with E-state index < -0.39 is 0 Å². The number of nitrogens with zero attached hydrogens (tertiary/aromatic N) is 2. The zero-order chi connectivity index (χ0) is 22.2. The molecule has 1 amide bonds. The highest BCUT2D eigenvalue weighted by Gasteiger charge is 2.34. The summed E-state index contributed by atoms with van der Waals surface area (Å²) in [5, 5.41) is 9.78. The van der Waals surface area contributed by atoms with Crippen LogP contribution >= 0.6 is 11.6 Å². The van der Waals surface area contributed by atoms with Crippen LogP contribution in [-0.2, 0) is 11.3 Å². The van der Waals surface area contributed by atoms with E-state index in [4.69, 9.17) is 21.4 Å². The Labute approximate surface area is 188 Å². The minimum atomic E-state index is -0.243. The molecule has 2 aromatic rings. The fraction of sp³-hybridized carbons (Fsp3) is 0.458. The lowest BCUT2D eigenvalue weighted by Gasteiger charge is -2.45. The van der Waals surface area contributed by atoms with Crippen molar-refractivity contribution >= 4 is 17.5 Å². The Morgan fingerprint density at radius 1 is 1.13 bits per heavy atom. The molecule has 0 aromatic heterocycles. The van der Waals surface area contributed by atoms with Gasteiger partial charge in [-0.2, -0.15) is 0 Å². The van der Waals surface area contributed by atoms with Crippen LogP contribution in [0.25, 0.3) is 0 Å². The predicted molar refractivity (Wildman–Crippen MR) is 120 cm³/mol. The number of carbonyl (C=O) groups is 1. The molecule has 0 aliphatic carbocycles. The summed E-state index contributed by atoms with van der Waals surface area (Å²) in [7, 11) is 0.